The van der Waals surface area contributed by atoms with Crippen molar-refractivity contribution in [3.05, 3.63) is 75.5 Å². The maximum atomic E-state index is 12.2. The van der Waals surface area contributed by atoms with Crippen molar-refractivity contribution in [1.29, 1.82) is 0 Å². The molecule has 0 unspecified atom stereocenters. The Kier molecular flexibility index (Phi) is 5.38. The van der Waals surface area contributed by atoms with Crippen LogP contribution in [0.25, 0.3) is 0 Å². The molecule has 5 nitrogen and oxygen atoms in total. The molecule has 3 aromatic rings. The number of carbonyl (C=O) groups is 1. The smallest absolute Gasteiger partial charge is 0.258 e. The first-order valence-electron chi connectivity index (χ1n) is 7.13. The van der Waals surface area contributed by atoms with Gasteiger partial charge in [0.15, 0.2) is 0 Å². The molecule has 0 saturated heterocycles. The van der Waals surface area contributed by atoms with Crippen LogP contribution in [0.3, 0.4) is 0 Å². The molecule has 0 fully saturated rings. The van der Waals surface area contributed by atoms with Crippen LogP contribution in [0.2, 0.25) is 15.1 Å². The highest BCUT2D eigenvalue weighted by Gasteiger charge is 2.10. The minimum atomic E-state index is -0.343. The van der Waals surface area contributed by atoms with Crippen molar-refractivity contribution in [2.75, 3.05) is 10.6 Å². The third-order valence-electron chi connectivity index (χ3n) is 3.20. The number of para-hydroxylation sites is 1. The monoisotopic (exact) mass is 392 g/mol. The molecule has 0 saturated carbocycles. The Balaban J connectivity index is 1.72. The van der Waals surface area contributed by atoms with Crippen molar-refractivity contribution in [3.8, 4) is 0 Å². The Morgan fingerprint density at radius 1 is 0.920 bits per heavy atom. The zero-order valence-electron chi connectivity index (χ0n) is 12.6. The van der Waals surface area contributed by atoms with Crippen molar-refractivity contribution in [2.24, 2.45) is 0 Å². The van der Waals surface area contributed by atoms with E-state index in [4.69, 9.17) is 34.8 Å². The van der Waals surface area contributed by atoms with Gasteiger partial charge < -0.3 is 10.6 Å². The molecule has 0 radical (unpaired) electrons. The van der Waals surface area contributed by atoms with Gasteiger partial charge in [-0.05, 0) is 30.3 Å². The van der Waals surface area contributed by atoms with Gasteiger partial charge in [0.1, 0.15) is 0 Å². The minimum absolute atomic E-state index is 0.273. The third kappa shape index (κ3) is 4.39. The molecule has 1 aromatic heterocycles. The number of hydrogen-bond acceptors (Lipinski definition) is 4. The maximum absolute atomic E-state index is 12.2. The highest BCUT2D eigenvalue weighted by Crippen LogP contribution is 2.31. The Morgan fingerprint density at radius 2 is 1.56 bits per heavy atom. The van der Waals surface area contributed by atoms with Gasteiger partial charge in [0, 0.05) is 23.1 Å². The Bertz CT molecular complexity index is 896. The van der Waals surface area contributed by atoms with Gasteiger partial charge in [-0.2, -0.15) is 0 Å². The molecule has 1 heterocycles. The molecule has 0 aliphatic rings. The van der Waals surface area contributed by atoms with Crippen molar-refractivity contribution in [2.45, 2.75) is 0 Å². The van der Waals surface area contributed by atoms with E-state index in [1.807, 2.05) is 0 Å². The number of anilines is 3. The lowest BCUT2D eigenvalue weighted by Gasteiger charge is -2.09. The molecular weight excluding hydrogens is 383 g/mol. The van der Waals surface area contributed by atoms with Gasteiger partial charge in [0.2, 0.25) is 5.95 Å². The summed E-state index contributed by atoms with van der Waals surface area (Å²) >= 11 is 18.1. The van der Waals surface area contributed by atoms with Crippen molar-refractivity contribution >= 4 is 58.0 Å². The summed E-state index contributed by atoms with van der Waals surface area (Å²) in [5.41, 5.74) is 1.39. The fourth-order valence-corrected chi connectivity index (χ4v) is 2.69. The van der Waals surface area contributed by atoms with Crippen molar-refractivity contribution < 1.29 is 4.79 Å². The van der Waals surface area contributed by atoms with E-state index in [-0.39, 0.29) is 11.9 Å². The number of hydrogen-bond donors (Lipinski definition) is 2. The van der Waals surface area contributed by atoms with Crippen molar-refractivity contribution in [1.82, 2.24) is 9.97 Å². The SMILES string of the molecule is O=C(Nc1cccc(Cl)c1)c1cnc(Nc2c(Cl)cccc2Cl)nc1. The average molecular weight is 394 g/mol. The molecule has 126 valence electrons. The number of halogens is 3. The molecular formula is C17H11Cl3N4O. The standard InChI is InChI=1S/C17H11Cl3N4O/c18-11-3-1-4-12(7-11)23-16(25)10-8-21-17(22-9-10)24-15-13(19)5-2-6-14(15)20/h1-9H,(H,23,25)(H,21,22,24). The number of benzene rings is 2. The van der Waals surface area contributed by atoms with Crippen LogP contribution in [0.15, 0.2) is 54.9 Å². The number of nitrogens with zero attached hydrogens (tertiary/aromatic N) is 2. The lowest BCUT2D eigenvalue weighted by Crippen LogP contribution is -2.13. The number of nitrogens with one attached hydrogen (secondary N) is 2. The van der Waals surface area contributed by atoms with E-state index in [0.29, 0.717) is 32.0 Å². The summed E-state index contributed by atoms with van der Waals surface area (Å²) < 4.78 is 0. The molecule has 25 heavy (non-hydrogen) atoms. The molecule has 2 N–H and O–H groups in total. The number of carbonyl (C=O) groups excluding carboxylic acids is 1. The van der Waals surface area contributed by atoms with E-state index >= 15 is 0 Å². The second-order valence-electron chi connectivity index (χ2n) is 4.98. The fourth-order valence-electron chi connectivity index (χ4n) is 2.01. The van der Waals surface area contributed by atoms with Crippen LogP contribution in [0, 0.1) is 0 Å². The van der Waals surface area contributed by atoms with Crippen LogP contribution in [-0.4, -0.2) is 15.9 Å². The van der Waals surface area contributed by atoms with Gasteiger partial charge in [0.25, 0.3) is 5.91 Å². The van der Waals surface area contributed by atoms with Crippen LogP contribution in [0.5, 0.6) is 0 Å². The van der Waals surface area contributed by atoms with Gasteiger partial charge in [-0.15, -0.1) is 0 Å². The van der Waals surface area contributed by atoms with E-state index in [0.717, 1.165) is 0 Å². The molecule has 0 spiro atoms. The van der Waals surface area contributed by atoms with Gasteiger partial charge >= 0.3 is 0 Å². The Hall–Kier alpha value is -2.34. The quantitative estimate of drug-likeness (QED) is 0.620. The predicted molar refractivity (Wildman–Crippen MR) is 101 cm³/mol. The van der Waals surface area contributed by atoms with Crippen LogP contribution >= 0.6 is 34.8 Å². The highest BCUT2D eigenvalue weighted by atomic mass is 35.5. The van der Waals surface area contributed by atoms with Gasteiger partial charge in [-0.25, -0.2) is 9.97 Å². The lowest BCUT2D eigenvalue weighted by atomic mass is 10.3. The number of aromatic nitrogens is 2. The molecule has 0 atom stereocenters. The van der Waals surface area contributed by atoms with Gasteiger partial charge in [-0.3, -0.25) is 4.79 Å². The van der Waals surface area contributed by atoms with E-state index in [2.05, 4.69) is 20.6 Å². The van der Waals surface area contributed by atoms with Gasteiger partial charge in [0.05, 0.1) is 21.3 Å². The third-order valence-corrected chi connectivity index (χ3v) is 4.06. The van der Waals surface area contributed by atoms with Crippen molar-refractivity contribution in [3.63, 3.8) is 0 Å². The summed E-state index contributed by atoms with van der Waals surface area (Å²) in [6.07, 6.45) is 2.81. The topological polar surface area (TPSA) is 66.9 Å². The zero-order chi connectivity index (χ0) is 17.8. The zero-order valence-corrected chi connectivity index (χ0v) is 14.9. The summed E-state index contributed by atoms with van der Waals surface area (Å²) in [4.78, 5) is 20.4. The molecule has 2 aromatic carbocycles. The Labute approximate surface area is 159 Å². The molecule has 8 heteroatoms. The maximum Gasteiger partial charge on any atom is 0.258 e. The number of amides is 1. The first kappa shape index (κ1) is 17.5. The summed E-state index contributed by atoms with van der Waals surface area (Å²) in [5, 5.41) is 7.07. The molecule has 0 bridgehead atoms. The highest BCUT2D eigenvalue weighted by molar-refractivity contribution is 6.39. The first-order chi connectivity index (χ1) is 12.0. The van der Waals surface area contributed by atoms with E-state index < -0.39 is 0 Å². The van der Waals surface area contributed by atoms with Crippen LogP contribution in [0.4, 0.5) is 17.3 Å². The average Bonchev–Trinajstić information content (AvgIpc) is 2.59. The van der Waals surface area contributed by atoms with Crippen LogP contribution in [-0.2, 0) is 0 Å². The van der Waals surface area contributed by atoms with Crippen LogP contribution in [0.1, 0.15) is 10.4 Å². The van der Waals surface area contributed by atoms with E-state index in [1.165, 1.54) is 12.4 Å². The second-order valence-corrected chi connectivity index (χ2v) is 6.23. The van der Waals surface area contributed by atoms with E-state index in [9.17, 15) is 4.79 Å². The minimum Gasteiger partial charge on any atom is -0.322 e. The fraction of sp³-hybridized carbons (Fsp3) is 0. The molecule has 0 aliphatic carbocycles. The summed E-state index contributed by atoms with van der Waals surface area (Å²) in [6.45, 7) is 0. The Morgan fingerprint density at radius 3 is 2.20 bits per heavy atom. The molecule has 3 rings (SSSR count). The summed E-state index contributed by atoms with van der Waals surface area (Å²) in [5.74, 6) is -0.0705. The van der Waals surface area contributed by atoms with E-state index in [1.54, 1.807) is 42.5 Å². The summed E-state index contributed by atoms with van der Waals surface area (Å²) in [7, 11) is 0. The van der Waals surface area contributed by atoms with Crippen LogP contribution < -0.4 is 10.6 Å². The lowest BCUT2D eigenvalue weighted by molar-refractivity contribution is 0.102. The summed E-state index contributed by atoms with van der Waals surface area (Å²) in [6, 6.07) is 12.0. The predicted octanol–water partition coefficient (Wildman–Crippen LogP) is 5.43. The second kappa shape index (κ2) is 7.70. The molecule has 0 aliphatic heterocycles. The molecule has 1 amide bonds. The first-order valence-corrected chi connectivity index (χ1v) is 8.26. The number of rotatable bonds is 4. The van der Waals surface area contributed by atoms with Gasteiger partial charge in [-0.1, -0.05) is 46.9 Å². The normalized spacial score (nSPS) is 10.4. The largest absolute Gasteiger partial charge is 0.322 e.